The number of furan rings is 1. The Morgan fingerprint density at radius 2 is 2.00 bits per heavy atom. The predicted octanol–water partition coefficient (Wildman–Crippen LogP) is 4.44. The molecule has 0 bridgehead atoms. The summed E-state index contributed by atoms with van der Waals surface area (Å²) in [5.41, 5.74) is 2.58. The molecule has 86 valence electrons. The summed E-state index contributed by atoms with van der Waals surface area (Å²) in [6, 6.07) is 5.38. The number of rotatable bonds is 1. The van der Waals surface area contributed by atoms with Gasteiger partial charge in [0.1, 0.15) is 11.6 Å². The first-order chi connectivity index (χ1) is 8.15. The summed E-state index contributed by atoms with van der Waals surface area (Å²) in [5, 5.41) is 1.01. The molecule has 1 aromatic carbocycles. The largest absolute Gasteiger partial charge is 0.469 e. The predicted molar refractivity (Wildman–Crippen MR) is 68.6 cm³/mol. The van der Waals surface area contributed by atoms with Crippen molar-refractivity contribution < 1.29 is 4.42 Å². The van der Waals surface area contributed by atoms with E-state index >= 15 is 0 Å². The molecule has 5 heteroatoms. The summed E-state index contributed by atoms with van der Waals surface area (Å²) in [5.74, 6) is 1.57. The Morgan fingerprint density at radius 3 is 2.71 bits per heavy atom. The molecule has 0 saturated carbocycles. The number of aromatic nitrogens is 2. The molecule has 0 aliphatic heterocycles. The minimum Gasteiger partial charge on any atom is -0.469 e. The van der Waals surface area contributed by atoms with E-state index in [0.717, 1.165) is 28.2 Å². The van der Waals surface area contributed by atoms with Crippen LogP contribution in [0, 0.1) is 6.92 Å². The van der Waals surface area contributed by atoms with E-state index in [1.165, 1.54) is 0 Å². The second kappa shape index (κ2) is 3.79. The molecule has 0 atom stereocenters. The molecule has 0 spiro atoms. The van der Waals surface area contributed by atoms with Gasteiger partial charge in [-0.1, -0.05) is 23.2 Å². The standard InChI is InChI=1S/C12H8Cl2N2O/c1-6-7(2-3-17-6)12-15-10-4-8(13)9(14)5-11(10)16-12/h2-5H,1H3,(H,15,16). The fourth-order valence-corrected chi connectivity index (χ4v) is 2.08. The lowest BCUT2D eigenvalue weighted by Gasteiger charge is -1.93. The number of aromatic amines is 1. The van der Waals surface area contributed by atoms with Gasteiger partial charge in [-0.3, -0.25) is 0 Å². The summed E-state index contributed by atoms with van der Waals surface area (Å²) in [4.78, 5) is 7.65. The van der Waals surface area contributed by atoms with E-state index < -0.39 is 0 Å². The maximum absolute atomic E-state index is 5.95. The van der Waals surface area contributed by atoms with E-state index in [9.17, 15) is 0 Å². The van der Waals surface area contributed by atoms with Crippen LogP contribution in [0.4, 0.5) is 0 Å². The van der Waals surface area contributed by atoms with Crippen molar-refractivity contribution in [2.75, 3.05) is 0 Å². The average molecular weight is 267 g/mol. The van der Waals surface area contributed by atoms with Gasteiger partial charge in [-0.2, -0.15) is 0 Å². The van der Waals surface area contributed by atoms with E-state index in [-0.39, 0.29) is 0 Å². The summed E-state index contributed by atoms with van der Waals surface area (Å²) >= 11 is 11.9. The summed E-state index contributed by atoms with van der Waals surface area (Å²) in [6.45, 7) is 1.89. The number of hydrogen-bond acceptors (Lipinski definition) is 2. The first-order valence-corrected chi connectivity index (χ1v) is 5.80. The quantitative estimate of drug-likeness (QED) is 0.708. The first kappa shape index (κ1) is 10.7. The molecule has 1 N–H and O–H groups in total. The third kappa shape index (κ3) is 1.72. The monoisotopic (exact) mass is 266 g/mol. The Labute approximate surface area is 107 Å². The summed E-state index contributed by atoms with van der Waals surface area (Å²) in [6.07, 6.45) is 1.64. The van der Waals surface area contributed by atoms with Gasteiger partial charge in [-0.25, -0.2) is 4.98 Å². The van der Waals surface area contributed by atoms with E-state index in [1.54, 1.807) is 18.4 Å². The highest BCUT2D eigenvalue weighted by molar-refractivity contribution is 6.42. The minimum absolute atomic E-state index is 0.501. The lowest BCUT2D eigenvalue weighted by atomic mass is 10.2. The molecule has 17 heavy (non-hydrogen) atoms. The van der Waals surface area contributed by atoms with Crippen molar-refractivity contribution in [3.63, 3.8) is 0 Å². The molecule has 3 rings (SSSR count). The van der Waals surface area contributed by atoms with Crippen LogP contribution in [0.5, 0.6) is 0 Å². The number of fused-ring (bicyclic) bond motifs is 1. The molecule has 0 aliphatic carbocycles. The van der Waals surface area contributed by atoms with Crippen LogP contribution in [0.1, 0.15) is 5.76 Å². The van der Waals surface area contributed by atoms with Crippen LogP contribution in [0.3, 0.4) is 0 Å². The number of nitrogens with one attached hydrogen (secondary N) is 1. The van der Waals surface area contributed by atoms with Gasteiger partial charge in [0.05, 0.1) is 32.9 Å². The van der Waals surface area contributed by atoms with E-state index in [1.807, 2.05) is 13.0 Å². The Bertz CT molecular complexity index is 661. The molecule has 0 aliphatic rings. The molecule has 2 aromatic heterocycles. The highest BCUT2D eigenvalue weighted by Gasteiger charge is 2.11. The second-order valence-corrected chi connectivity index (χ2v) is 4.57. The van der Waals surface area contributed by atoms with Crippen LogP contribution in [-0.2, 0) is 0 Å². The lowest BCUT2D eigenvalue weighted by molar-refractivity contribution is 0.535. The van der Waals surface area contributed by atoms with Gasteiger partial charge in [-0.05, 0) is 25.1 Å². The van der Waals surface area contributed by atoms with Gasteiger partial charge in [-0.15, -0.1) is 0 Å². The highest BCUT2D eigenvalue weighted by atomic mass is 35.5. The fraction of sp³-hybridized carbons (Fsp3) is 0.0833. The molecule has 0 saturated heterocycles. The minimum atomic E-state index is 0.501. The van der Waals surface area contributed by atoms with Crippen molar-refractivity contribution >= 4 is 34.2 Å². The second-order valence-electron chi connectivity index (χ2n) is 3.76. The van der Waals surface area contributed by atoms with Crippen LogP contribution in [0.2, 0.25) is 10.0 Å². The average Bonchev–Trinajstić information content (AvgIpc) is 2.85. The van der Waals surface area contributed by atoms with Crippen molar-refractivity contribution in [1.29, 1.82) is 0 Å². The Hall–Kier alpha value is -1.45. The van der Waals surface area contributed by atoms with Crippen molar-refractivity contribution in [3.05, 3.63) is 40.3 Å². The maximum Gasteiger partial charge on any atom is 0.142 e. The Balaban J connectivity index is 2.24. The van der Waals surface area contributed by atoms with Crippen molar-refractivity contribution in [2.45, 2.75) is 6.92 Å². The van der Waals surface area contributed by atoms with E-state index in [2.05, 4.69) is 9.97 Å². The van der Waals surface area contributed by atoms with Crippen LogP contribution < -0.4 is 0 Å². The zero-order valence-corrected chi connectivity index (χ0v) is 10.4. The van der Waals surface area contributed by atoms with Gasteiger partial charge in [0, 0.05) is 0 Å². The van der Waals surface area contributed by atoms with Gasteiger partial charge in [0.15, 0.2) is 0 Å². The number of halogens is 2. The third-order valence-electron chi connectivity index (χ3n) is 2.64. The van der Waals surface area contributed by atoms with Crippen molar-refractivity contribution in [2.24, 2.45) is 0 Å². The normalized spacial score (nSPS) is 11.2. The van der Waals surface area contributed by atoms with Crippen molar-refractivity contribution in [3.8, 4) is 11.4 Å². The number of hydrogen-bond donors (Lipinski definition) is 1. The number of H-pyrrole nitrogens is 1. The Kier molecular flexibility index (Phi) is 2.38. The van der Waals surface area contributed by atoms with Crippen LogP contribution in [0.15, 0.2) is 28.9 Å². The maximum atomic E-state index is 5.95. The van der Waals surface area contributed by atoms with Crippen LogP contribution >= 0.6 is 23.2 Å². The number of benzene rings is 1. The third-order valence-corrected chi connectivity index (χ3v) is 3.36. The molecular weight excluding hydrogens is 259 g/mol. The van der Waals surface area contributed by atoms with E-state index in [0.29, 0.717) is 10.0 Å². The zero-order chi connectivity index (χ0) is 12.0. The lowest BCUT2D eigenvalue weighted by Crippen LogP contribution is -1.78. The summed E-state index contributed by atoms with van der Waals surface area (Å²) in [7, 11) is 0. The number of aryl methyl sites for hydroxylation is 1. The number of nitrogens with zero attached hydrogens (tertiary/aromatic N) is 1. The molecule has 0 fully saturated rings. The Morgan fingerprint density at radius 1 is 1.24 bits per heavy atom. The first-order valence-electron chi connectivity index (χ1n) is 5.04. The van der Waals surface area contributed by atoms with E-state index in [4.69, 9.17) is 27.6 Å². The molecule has 0 unspecified atom stereocenters. The molecule has 0 radical (unpaired) electrons. The smallest absolute Gasteiger partial charge is 0.142 e. The van der Waals surface area contributed by atoms with Gasteiger partial charge >= 0.3 is 0 Å². The van der Waals surface area contributed by atoms with Gasteiger partial charge in [0.25, 0.3) is 0 Å². The molecule has 2 heterocycles. The molecule has 0 amide bonds. The highest BCUT2D eigenvalue weighted by Crippen LogP contribution is 2.29. The van der Waals surface area contributed by atoms with Crippen LogP contribution in [0.25, 0.3) is 22.4 Å². The van der Waals surface area contributed by atoms with Crippen molar-refractivity contribution in [1.82, 2.24) is 9.97 Å². The molecule has 3 nitrogen and oxygen atoms in total. The molecular formula is C12H8Cl2N2O. The topological polar surface area (TPSA) is 41.8 Å². The van der Waals surface area contributed by atoms with Crippen LogP contribution in [-0.4, -0.2) is 9.97 Å². The zero-order valence-electron chi connectivity index (χ0n) is 8.92. The van der Waals surface area contributed by atoms with Gasteiger partial charge in [0.2, 0.25) is 0 Å². The fourth-order valence-electron chi connectivity index (χ4n) is 1.76. The number of imidazole rings is 1. The molecule has 3 aromatic rings. The van der Waals surface area contributed by atoms with Gasteiger partial charge < -0.3 is 9.40 Å². The summed E-state index contributed by atoms with van der Waals surface area (Å²) < 4.78 is 5.25. The SMILES string of the molecule is Cc1occc1-c1nc2cc(Cl)c(Cl)cc2[nH]1.